The van der Waals surface area contributed by atoms with E-state index >= 15 is 4.57 Å². The Bertz CT molecular complexity index is 1260. The molecule has 0 saturated carbocycles. The second-order valence-electron chi connectivity index (χ2n) is 8.30. The van der Waals surface area contributed by atoms with Gasteiger partial charge in [-0.3, -0.25) is 4.79 Å². The third kappa shape index (κ3) is 3.53. The van der Waals surface area contributed by atoms with Crippen molar-refractivity contribution >= 4 is 29.3 Å². The zero-order valence-electron chi connectivity index (χ0n) is 18.5. The number of anilines is 1. The van der Waals surface area contributed by atoms with E-state index in [2.05, 4.69) is 6.07 Å². The first-order valence-corrected chi connectivity index (χ1v) is 13.1. The van der Waals surface area contributed by atoms with Crippen LogP contribution in [-0.2, 0) is 9.36 Å². The molecule has 1 aliphatic rings. The third-order valence-electron chi connectivity index (χ3n) is 6.54. The zero-order valence-corrected chi connectivity index (χ0v) is 19.4. The maximum absolute atomic E-state index is 15.4. The lowest BCUT2D eigenvalue weighted by Gasteiger charge is -2.42. The van der Waals surface area contributed by atoms with Crippen molar-refractivity contribution in [1.82, 2.24) is 0 Å². The number of carbonyl (C=O) groups excluding carboxylic acids is 1. The van der Waals surface area contributed by atoms with Crippen molar-refractivity contribution < 1.29 is 9.36 Å². The highest BCUT2D eigenvalue weighted by molar-refractivity contribution is 7.80. The molecule has 1 amide bonds. The molecule has 0 spiro atoms. The largest absolute Gasteiger partial charge is 0.313 e. The lowest BCUT2D eigenvalue weighted by atomic mass is 9.83. The Kier molecular flexibility index (Phi) is 5.74. The molecule has 5 rings (SSSR count). The molecular weight excluding hydrogens is 425 g/mol. The number of benzene rings is 4. The number of amides is 1. The molecule has 2 atom stereocenters. The normalized spacial score (nSPS) is 18.1. The summed E-state index contributed by atoms with van der Waals surface area (Å²) in [6.45, 7) is 2.50. The Balaban J connectivity index is 1.84. The molecule has 4 aromatic carbocycles. The third-order valence-corrected chi connectivity index (χ3v) is 9.98. The molecule has 0 saturated heterocycles. The van der Waals surface area contributed by atoms with E-state index in [4.69, 9.17) is 0 Å². The lowest BCUT2D eigenvalue weighted by molar-refractivity contribution is -0.118. The van der Waals surface area contributed by atoms with Gasteiger partial charge >= 0.3 is 0 Å². The van der Waals surface area contributed by atoms with Crippen LogP contribution in [-0.4, -0.2) is 18.1 Å². The lowest BCUT2D eigenvalue weighted by Crippen LogP contribution is -2.49. The predicted octanol–water partition coefficient (Wildman–Crippen LogP) is 5.57. The van der Waals surface area contributed by atoms with Crippen LogP contribution in [0.25, 0.3) is 0 Å². The van der Waals surface area contributed by atoms with Crippen molar-refractivity contribution in [2.75, 3.05) is 11.4 Å². The molecule has 4 heteroatoms. The van der Waals surface area contributed by atoms with Crippen molar-refractivity contribution in [3.8, 4) is 0 Å². The van der Waals surface area contributed by atoms with Crippen LogP contribution in [0, 0.1) is 0 Å². The summed E-state index contributed by atoms with van der Waals surface area (Å²) in [4.78, 5) is 16.1. The monoisotopic (exact) mass is 451 g/mol. The van der Waals surface area contributed by atoms with Crippen molar-refractivity contribution in [1.29, 1.82) is 0 Å². The summed E-state index contributed by atoms with van der Waals surface area (Å²) in [6.07, 6.45) is 0. The van der Waals surface area contributed by atoms with Gasteiger partial charge in [0, 0.05) is 28.8 Å². The highest BCUT2D eigenvalue weighted by Crippen LogP contribution is 2.58. The van der Waals surface area contributed by atoms with E-state index in [1.165, 1.54) is 0 Å². The summed E-state index contributed by atoms with van der Waals surface area (Å²) >= 11 is 0. The average molecular weight is 452 g/mol. The Morgan fingerprint density at radius 3 is 1.73 bits per heavy atom. The van der Waals surface area contributed by atoms with E-state index in [0.29, 0.717) is 17.2 Å². The smallest absolute Gasteiger partial charge is 0.239 e. The molecule has 3 nitrogen and oxygen atoms in total. The summed E-state index contributed by atoms with van der Waals surface area (Å²) in [5.74, 6) is -0.398. The molecule has 164 valence electrons. The molecule has 0 fully saturated rings. The maximum atomic E-state index is 15.4. The van der Waals surface area contributed by atoms with Gasteiger partial charge in [0.25, 0.3) is 0 Å². The molecule has 0 aromatic heterocycles. The van der Waals surface area contributed by atoms with Crippen LogP contribution in [0.3, 0.4) is 0 Å². The summed E-state index contributed by atoms with van der Waals surface area (Å²) in [5, 5.41) is 1.43. The Labute approximate surface area is 195 Å². The van der Waals surface area contributed by atoms with E-state index < -0.39 is 12.8 Å². The van der Waals surface area contributed by atoms with Gasteiger partial charge in [-0.05, 0) is 24.1 Å². The quantitative estimate of drug-likeness (QED) is 0.372. The first kappa shape index (κ1) is 21.4. The van der Waals surface area contributed by atoms with Crippen molar-refractivity contribution in [2.45, 2.75) is 18.5 Å². The first-order valence-electron chi connectivity index (χ1n) is 11.3. The second kappa shape index (κ2) is 8.84. The number of nitrogens with zero attached hydrogens (tertiary/aromatic N) is 1. The Hall–Kier alpha value is -3.42. The molecule has 0 bridgehead atoms. The number of carbonyl (C=O) groups is 1. The van der Waals surface area contributed by atoms with Crippen LogP contribution < -0.4 is 15.5 Å². The van der Waals surface area contributed by atoms with Gasteiger partial charge in [0.1, 0.15) is 5.66 Å². The molecule has 0 unspecified atom stereocenters. The summed E-state index contributed by atoms with van der Waals surface area (Å²) in [7, 11) is -3.37. The van der Waals surface area contributed by atoms with Gasteiger partial charge in [-0.2, -0.15) is 0 Å². The summed E-state index contributed by atoms with van der Waals surface area (Å²) in [6, 6.07) is 37.2. The SMILES string of the molecule is CCN1C(=O)[C@@H](P(=O)(c2ccccc2)c2ccccc2)[C@H](c2ccccc2)c2ccccc21. The average Bonchev–Trinajstić information content (AvgIpc) is 2.89. The van der Waals surface area contributed by atoms with Gasteiger partial charge in [0.15, 0.2) is 7.14 Å². The molecule has 0 radical (unpaired) electrons. The fraction of sp³-hybridized carbons (Fsp3) is 0.138. The van der Waals surface area contributed by atoms with E-state index in [0.717, 1.165) is 16.8 Å². The minimum absolute atomic E-state index is 0.0823. The van der Waals surface area contributed by atoms with Gasteiger partial charge in [-0.1, -0.05) is 109 Å². The first-order chi connectivity index (χ1) is 16.2. The minimum atomic E-state index is -3.37. The molecule has 1 aliphatic heterocycles. The van der Waals surface area contributed by atoms with E-state index in [9.17, 15) is 4.79 Å². The number of hydrogen-bond donors (Lipinski definition) is 0. The molecule has 1 heterocycles. The number of para-hydroxylation sites is 1. The Morgan fingerprint density at radius 1 is 0.697 bits per heavy atom. The summed E-state index contributed by atoms with van der Waals surface area (Å²) in [5.41, 5.74) is 2.22. The highest BCUT2D eigenvalue weighted by atomic mass is 31.2. The Morgan fingerprint density at radius 2 is 1.18 bits per heavy atom. The van der Waals surface area contributed by atoms with Crippen LogP contribution in [0.1, 0.15) is 24.0 Å². The molecule has 0 aliphatic carbocycles. The van der Waals surface area contributed by atoms with Gasteiger partial charge < -0.3 is 9.46 Å². The van der Waals surface area contributed by atoms with Crippen molar-refractivity contribution in [3.63, 3.8) is 0 Å². The molecule has 33 heavy (non-hydrogen) atoms. The topological polar surface area (TPSA) is 37.4 Å². The molecular formula is C29H26NO2P. The van der Waals surface area contributed by atoms with E-state index in [1.54, 1.807) is 4.90 Å². The molecule has 4 aromatic rings. The van der Waals surface area contributed by atoms with E-state index in [1.807, 2.05) is 116 Å². The fourth-order valence-corrected chi connectivity index (χ4v) is 8.44. The van der Waals surface area contributed by atoms with Crippen LogP contribution >= 0.6 is 7.14 Å². The summed E-state index contributed by atoms with van der Waals surface area (Å²) < 4.78 is 15.4. The van der Waals surface area contributed by atoms with Crippen LogP contribution in [0.4, 0.5) is 5.69 Å². The number of fused-ring (bicyclic) bond motifs is 1. The maximum Gasteiger partial charge on any atom is 0.239 e. The van der Waals surface area contributed by atoms with Crippen LogP contribution in [0.15, 0.2) is 115 Å². The zero-order chi connectivity index (χ0) is 22.8. The van der Waals surface area contributed by atoms with Gasteiger partial charge in [-0.15, -0.1) is 0 Å². The van der Waals surface area contributed by atoms with E-state index in [-0.39, 0.29) is 11.8 Å². The second-order valence-corrected chi connectivity index (χ2v) is 11.2. The van der Waals surface area contributed by atoms with Crippen molar-refractivity contribution in [3.05, 3.63) is 126 Å². The van der Waals surface area contributed by atoms with Gasteiger partial charge in [-0.25, -0.2) is 0 Å². The standard InChI is InChI=1S/C29H26NO2P/c1-2-30-26-21-13-12-20-25(26)27(22-14-6-3-7-15-22)28(29(30)31)33(32,23-16-8-4-9-17-23)24-18-10-5-11-19-24/h3-21,27-28H,2H2,1H3/t27-,28+/m1/s1. The van der Waals surface area contributed by atoms with Crippen LogP contribution in [0.2, 0.25) is 0 Å². The number of rotatable bonds is 5. The predicted molar refractivity (Wildman–Crippen MR) is 136 cm³/mol. The minimum Gasteiger partial charge on any atom is -0.313 e. The van der Waals surface area contributed by atoms with Crippen LogP contribution in [0.5, 0.6) is 0 Å². The van der Waals surface area contributed by atoms with Crippen molar-refractivity contribution in [2.24, 2.45) is 0 Å². The fourth-order valence-electron chi connectivity index (χ4n) is 5.07. The molecule has 0 N–H and O–H groups in total. The highest BCUT2D eigenvalue weighted by Gasteiger charge is 2.51. The van der Waals surface area contributed by atoms with Gasteiger partial charge in [0.2, 0.25) is 5.91 Å². The number of hydrogen-bond acceptors (Lipinski definition) is 2. The van der Waals surface area contributed by atoms with Gasteiger partial charge in [0.05, 0.1) is 0 Å².